The van der Waals surface area contributed by atoms with Crippen LogP contribution in [0.25, 0.3) is 33.5 Å². The normalized spacial score (nSPS) is 38.6. The van der Waals surface area contributed by atoms with E-state index < -0.39 is 241 Å². The van der Waals surface area contributed by atoms with Crippen molar-refractivity contribution in [2.24, 2.45) is 15.0 Å². The maximum absolute atomic E-state index is 16.0. The van der Waals surface area contributed by atoms with Crippen LogP contribution in [-0.4, -0.2) is 302 Å². The lowest BCUT2D eigenvalue weighted by molar-refractivity contribution is -0.237. The summed E-state index contributed by atoms with van der Waals surface area (Å²) in [6.45, 7) is -17.3. The number of rotatable bonds is 6. The summed E-state index contributed by atoms with van der Waals surface area (Å²) in [5, 5.41) is 33.3. The number of hydrogen-bond donors (Lipinski definition) is 13. The largest absolute Gasteiger partial charge is 0.756 e. The van der Waals surface area contributed by atoms with Crippen LogP contribution in [0.1, 0.15) is 94.5 Å². The maximum Gasteiger partial charge on any atom is 0.472 e. The molecule has 9 saturated heterocycles. The number of nitrogens with zero attached hydrogens (tertiary/aromatic N) is 18. The SMILES string of the molecule is Nc1nc2c(ncn2[C@@H]2O[C@@H]3COP(O)(=S)O[C@H]4[C@@H](F)[C@H](n5cnc6c5N=CCC6=O)O[C@@H]4COP(=O)(S)O[C@@H]2[C@@H]3F)c(=O)[nH]1.Nc1nc2c(ncn2[C@@H]2O[C@@H]3COP(O)(=S)O[C@H]4[C@@H](O)[C@H](n5cnc6c5N=CCC6=O)O[C@@H]4COP(=O)([O-])O[C@@H]2[C@@H]3O)c(=O)[nH]1.O=C1CC=Nc2c1ncn2[C@@H]1O[C@@H]2COP(=O)(O)O[C@@H]3C[C@@H](COP(=O)(O)O[C@H]2[C@H]1O)O[C@H]3n1cnc2c(=O)[nH]cnc21. The van der Waals surface area contributed by atoms with Crippen molar-refractivity contribution in [1.82, 2.24) is 87.2 Å². The first-order valence-electron chi connectivity index (χ1n) is 39.0. The number of aromatic amines is 3. The minimum absolute atomic E-state index is 0.00967. The lowest BCUT2D eigenvalue weighted by Gasteiger charge is -2.31. The molecule has 12 aliphatic heterocycles. The molecule has 0 aromatic carbocycles. The minimum atomic E-state index is -5.32. The summed E-state index contributed by atoms with van der Waals surface area (Å²) in [7, 11) is -15.1. The average molecular weight is 2040 g/mol. The van der Waals surface area contributed by atoms with Gasteiger partial charge in [0.15, 0.2) is 135 Å². The third-order valence-corrected chi connectivity index (χ3v) is 29.8. The van der Waals surface area contributed by atoms with Crippen molar-refractivity contribution >= 4 is 178 Å². The lowest BCUT2D eigenvalue weighted by Crippen LogP contribution is -2.37. The number of carbonyl (C=O) groups excluding carboxylic acids is 3. The highest BCUT2D eigenvalue weighted by Gasteiger charge is 2.58. The number of carbonyl (C=O) groups is 3. The molecule has 714 valence electrons. The number of aliphatic hydroxyl groups excluding tert-OH is 3. The Morgan fingerprint density at radius 1 is 0.429 bits per heavy atom. The van der Waals surface area contributed by atoms with Gasteiger partial charge in [0.25, 0.3) is 24.5 Å². The van der Waals surface area contributed by atoms with E-state index in [4.69, 9.17) is 118 Å². The molecule has 14 N–H and O–H groups in total. The van der Waals surface area contributed by atoms with Gasteiger partial charge in [0, 0.05) is 44.3 Å². The number of ether oxygens (including phenoxy) is 6. The fraction of sp³-hybridized carbons (Fsp3) is 0.524. The fourth-order valence-corrected chi connectivity index (χ4v) is 23.3. The van der Waals surface area contributed by atoms with E-state index in [0.717, 1.165) is 34.4 Å². The number of nitrogens with one attached hydrogen (secondary N) is 3. The van der Waals surface area contributed by atoms with Gasteiger partial charge in [-0.25, -0.2) is 72.3 Å². The van der Waals surface area contributed by atoms with Crippen molar-refractivity contribution in [3.8, 4) is 0 Å². The van der Waals surface area contributed by atoms with Crippen LogP contribution in [0.2, 0.25) is 0 Å². The van der Waals surface area contributed by atoms with Crippen LogP contribution in [0.15, 0.2) is 73.7 Å². The number of halogens is 2. The molecule has 6 bridgehead atoms. The van der Waals surface area contributed by atoms with Crippen LogP contribution < -0.4 is 33.0 Å². The molecule has 6 unspecified atom stereocenters. The van der Waals surface area contributed by atoms with Crippen LogP contribution in [-0.2, 0) is 125 Å². The number of thiol groups is 1. The Kier molecular flexibility index (Phi) is 25.3. The summed E-state index contributed by atoms with van der Waals surface area (Å²) in [4.78, 5) is 185. The second kappa shape index (κ2) is 35.9. The summed E-state index contributed by atoms with van der Waals surface area (Å²) in [6.07, 6.45) is -22.8. The predicted molar refractivity (Wildman–Crippen MR) is 439 cm³/mol. The van der Waals surface area contributed by atoms with E-state index >= 15 is 8.78 Å². The number of imidazole rings is 6. The van der Waals surface area contributed by atoms with Crippen LogP contribution in [0.3, 0.4) is 0 Å². The van der Waals surface area contributed by atoms with Crippen LogP contribution in [0, 0.1) is 0 Å². The number of aliphatic imine (C=N–C) groups is 3. The van der Waals surface area contributed by atoms with E-state index in [0.29, 0.717) is 0 Å². The van der Waals surface area contributed by atoms with Gasteiger partial charge in [-0.2, -0.15) is 9.97 Å². The van der Waals surface area contributed by atoms with E-state index in [1.807, 2.05) is 0 Å². The van der Waals surface area contributed by atoms with E-state index in [-0.39, 0.29) is 123 Å². The van der Waals surface area contributed by atoms with Crippen molar-refractivity contribution in [2.45, 2.75) is 167 Å². The van der Waals surface area contributed by atoms with Gasteiger partial charge in [-0.15, -0.1) is 0 Å². The number of aliphatic hydroxyl groups is 3. The Morgan fingerprint density at radius 3 is 1.41 bits per heavy atom. The number of H-pyrrole nitrogens is 3. The topological polar surface area (TPSA) is 784 Å². The molecule has 12 aliphatic rings. The van der Waals surface area contributed by atoms with Gasteiger partial charge in [-0.05, 0) is 23.6 Å². The van der Waals surface area contributed by atoms with Crippen LogP contribution in [0.4, 0.5) is 38.1 Å². The van der Waals surface area contributed by atoms with Crippen molar-refractivity contribution in [2.75, 3.05) is 51.1 Å². The zero-order valence-electron chi connectivity index (χ0n) is 66.5. The number of anilines is 2. The Hall–Kier alpha value is -8.31. The summed E-state index contributed by atoms with van der Waals surface area (Å²) in [5.41, 5.74) is 9.03. The van der Waals surface area contributed by atoms with E-state index in [2.05, 4.69) is 87.0 Å². The number of nitrogen functional groups attached to an aromatic ring is 2. The molecular formula is C63H68F2N23O36P6S3-. The quantitative estimate of drug-likeness (QED) is 0.0716. The summed E-state index contributed by atoms with van der Waals surface area (Å²) >= 11 is 14.2. The van der Waals surface area contributed by atoms with Gasteiger partial charge in [-0.3, -0.25) is 107 Å². The number of hydrogen-bond acceptors (Lipinski definition) is 48. The minimum Gasteiger partial charge on any atom is -0.756 e. The molecule has 0 saturated carbocycles. The molecular weight excluding hydrogens is 1970 g/mol. The molecule has 9 aromatic rings. The molecule has 133 heavy (non-hydrogen) atoms. The molecule has 9 aromatic heterocycles. The lowest BCUT2D eigenvalue weighted by atomic mass is 10.1. The van der Waals surface area contributed by atoms with Gasteiger partial charge in [-0.1, -0.05) is 12.2 Å². The van der Waals surface area contributed by atoms with E-state index in [1.54, 1.807) is 0 Å². The zero-order valence-corrected chi connectivity index (χ0v) is 74.4. The number of ketones is 3. The molecule has 0 radical (unpaired) electrons. The third-order valence-electron chi connectivity index (χ3n) is 22.1. The second-order valence-electron chi connectivity index (χ2n) is 30.5. The molecule has 0 amide bonds. The monoisotopic (exact) mass is 2040 g/mol. The van der Waals surface area contributed by atoms with Crippen LogP contribution >= 0.6 is 56.0 Å². The first-order valence-corrected chi connectivity index (χ1v) is 51.4. The summed E-state index contributed by atoms with van der Waals surface area (Å²) in [5.74, 6) is -1.30. The number of fused-ring (bicyclic) bond motifs is 15. The van der Waals surface area contributed by atoms with Crippen molar-refractivity contribution < 1.29 is 164 Å². The highest BCUT2D eigenvalue weighted by molar-refractivity contribution is 8.44. The number of aromatic nitrogens is 18. The number of Topliss-reactive ketones (excluding diaryl/α,β-unsaturated/α-hetero) is 3. The molecule has 21 rings (SSSR count). The fourth-order valence-electron chi connectivity index (χ4n) is 16.1. The first kappa shape index (κ1) is 93.7. The average Bonchev–Trinajstić information content (AvgIpc) is 1.61. The highest BCUT2D eigenvalue weighted by atomic mass is 32.7. The second-order valence-corrected chi connectivity index (χ2v) is 43.2. The molecule has 0 spiro atoms. The Morgan fingerprint density at radius 2 is 0.857 bits per heavy atom. The third kappa shape index (κ3) is 18.4. The Labute approximate surface area is 751 Å². The zero-order chi connectivity index (χ0) is 93.8. The van der Waals surface area contributed by atoms with Gasteiger partial charge in [0.1, 0.15) is 85.5 Å². The summed E-state index contributed by atoms with van der Waals surface area (Å²) in [6, 6.07) is 0. The van der Waals surface area contributed by atoms with Gasteiger partial charge >= 0.3 is 35.9 Å². The summed E-state index contributed by atoms with van der Waals surface area (Å²) < 4.78 is 191. The molecule has 9 fully saturated rings. The number of phosphoric acid groups is 3. The molecule has 0 aliphatic carbocycles. The highest BCUT2D eigenvalue weighted by Crippen LogP contribution is 2.61. The molecule has 29 atom stereocenters. The van der Waals surface area contributed by atoms with Crippen LogP contribution in [0.5, 0.6) is 0 Å². The van der Waals surface area contributed by atoms with E-state index in [9.17, 15) is 86.8 Å². The number of alkyl halides is 2. The van der Waals surface area contributed by atoms with Crippen molar-refractivity contribution in [1.29, 1.82) is 0 Å². The number of nitrogens with two attached hydrogens (primary N) is 2. The van der Waals surface area contributed by atoms with Crippen molar-refractivity contribution in [3.05, 3.63) is 92.4 Å². The van der Waals surface area contributed by atoms with E-state index in [1.165, 1.54) is 55.9 Å². The smallest absolute Gasteiger partial charge is 0.472 e. The van der Waals surface area contributed by atoms with Gasteiger partial charge in [0.05, 0.1) is 90.0 Å². The van der Waals surface area contributed by atoms with Gasteiger partial charge in [0.2, 0.25) is 11.9 Å². The number of phosphoric ester groups is 3. The molecule has 70 heteroatoms. The van der Waals surface area contributed by atoms with Crippen molar-refractivity contribution in [3.63, 3.8) is 0 Å². The molecule has 21 heterocycles. The maximum atomic E-state index is 16.0. The standard InChI is InChI=1S/C21H22F2N8O10P2S2.C21H24N8O13P2S.C21H23N7O13P2/c22-10-8-3-36-42(34,44)40-14-9(39-19(11(14)23)30-5-26-12-7(32)1-2-25-16(12)30)4-37-43(35,45)41-15(10)20(38-8)31-6-27-13-17(31)28-21(24)29-18(13)33;22-21-26-17-11(18(33)27-21)25-6-29(17)20-15-12(31)8(39-20)3-38-44(36,45)42-14-9(4-37-43(34,35)41-15)40-19(13(14)32)28-5-24-10-7(30)1-2-23-16(10)28;29-10-1-2-22-17-13(10)25-7-28(17)21-15(30)16-12(39-21)5-37-42(32,33)40-11-3-9(4-36-43(34,35)41-16)38-20(11)27-8-26-14-18(27)23-6-24-19(14)31/h2,5-6,8-11,14-15,19-20H,1,3-4H2,(H,34,44)(H,35,45)(H3,24,28,29,33);2,5-6,8-9,12-15,19-20,31-32H,1,3-4H2,(H,34,35)(H,36,45)(H3,22,26,27,33);2,6-9,11-12,15-16,20-21,30H,1,3-5H2,(H,32,33)(H,34,35)(H,23,24,31)/p-1/t8-,9-,10-,11-,14-,15-,19-,20-,42?,43?;8-,9-,12-,13-,14-,15-,19-,20-,44?;9-,11+,12+,15+,16+,20+,21+/m110/s1. The first-order chi connectivity index (χ1) is 63.1. The Balaban J connectivity index is 0.000000129. The Bertz CT molecular complexity index is 6500. The molecule has 59 nitrogen and oxygen atoms in total. The predicted octanol–water partition coefficient (Wildman–Crippen LogP) is -0.795. The van der Waals surface area contributed by atoms with Gasteiger partial charge < -0.3 is 103 Å².